The van der Waals surface area contributed by atoms with Crippen LogP contribution < -0.4 is 4.90 Å². The second-order valence-corrected chi connectivity index (χ2v) is 6.22. The van der Waals surface area contributed by atoms with Gasteiger partial charge in [0.05, 0.1) is 0 Å². The van der Waals surface area contributed by atoms with Crippen LogP contribution in [0.5, 0.6) is 0 Å². The van der Waals surface area contributed by atoms with E-state index in [1.165, 1.54) is 16.8 Å². The minimum Gasteiger partial charge on any atom is -0.410 e. The van der Waals surface area contributed by atoms with Crippen LogP contribution in [0.25, 0.3) is 6.08 Å². The van der Waals surface area contributed by atoms with Gasteiger partial charge in [0.15, 0.2) is 0 Å². The zero-order chi connectivity index (χ0) is 16.8. The summed E-state index contributed by atoms with van der Waals surface area (Å²) < 4.78 is 0. The lowest BCUT2D eigenvalue weighted by atomic mass is 9.59. The summed E-state index contributed by atoms with van der Waals surface area (Å²) in [5.41, 5.74) is 3.77. The van der Waals surface area contributed by atoms with Crippen molar-refractivity contribution < 1.29 is 0 Å². The molecule has 2 aromatic rings. The lowest BCUT2D eigenvalue weighted by molar-refractivity contribution is 0.577. The van der Waals surface area contributed by atoms with Crippen molar-refractivity contribution in [2.24, 2.45) is 0 Å². The molecule has 1 heterocycles. The largest absolute Gasteiger partial charge is 0.410 e. The van der Waals surface area contributed by atoms with E-state index in [0.717, 1.165) is 6.54 Å². The van der Waals surface area contributed by atoms with Gasteiger partial charge in [0.25, 0.3) is 0 Å². The molecule has 2 nitrogen and oxygen atoms in total. The summed E-state index contributed by atoms with van der Waals surface area (Å²) in [5.74, 6) is 4.49. The fourth-order valence-electron chi connectivity index (χ4n) is 2.77. The molecule has 0 spiro atoms. The van der Waals surface area contributed by atoms with Gasteiger partial charge in [-0.25, -0.2) is 0 Å². The summed E-state index contributed by atoms with van der Waals surface area (Å²) in [6, 6.07) is 19.2. The van der Waals surface area contributed by atoms with Crippen LogP contribution in [0.15, 0.2) is 84.9 Å². The number of nitrogens with zero attached hydrogens (tertiary/aromatic N) is 2. The first-order valence-corrected chi connectivity index (χ1v) is 8.32. The fraction of sp³-hybridized carbons (Fsp3) is 0.143. The van der Waals surface area contributed by atoms with E-state index >= 15 is 0 Å². The quantitative estimate of drug-likeness (QED) is 0.754. The summed E-state index contributed by atoms with van der Waals surface area (Å²) in [6.45, 7) is 1.19. The number of benzene rings is 2. The molecule has 3 heteroatoms. The van der Waals surface area contributed by atoms with Gasteiger partial charge in [-0.15, -0.1) is 0 Å². The van der Waals surface area contributed by atoms with Gasteiger partial charge in [0.2, 0.25) is 0 Å². The average molecular weight is 314 g/mol. The molecular formula is C21H23BN2. The van der Waals surface area contributed by atoms with Crippen LogP contribution in [-0.4, -0.2) is 25.8 Å². The first-order chi connectivity index (χ1) is 11.7. The Kier molecular flexibility index (Phi) is 5.22. The van der Waals surface area contributed by atoms with Crippen molar-refractivity contribution in [1.82, 2.24) is 4.81 Å². The Morgan fingerprint density at radius 1 is 0.958 bits per heavy atom. The first kappa shape index (κ1) is 16.2. The van der Waals surface area contributed by atoms with Gasteiger partial charge in [-0.1, -0.05) is 66.6 Å². The van der Waals surface area contributed by atoms with Gasteiger partial charge in [-0.2, -0.15) is 0 Å². The molecule has 0 saturated heterocycles. The monoisotopic (exact) mass is 314 g/mol. The zero-order valence-corrected chi connectivity index (χ0v) is 14.3. The molecule has 3 rings (SSSR count). The number of hydrogen-bond acceptors (Lipinski definition) is 2. The van der Waals surface area contributed by atoms with Crippen LogP contribution in [0, 0.1) is 0 Å². The van der Waals surface area contributed by atoms with E-state index in [4.69, 9.17) is 0 Å². The highest BCUT2D eigenvalue weighted by atomic mass is 15.1. The maximum absolute atomic E-state index is 2.35. The smallest absolute Gasteiger partial charge is 0.308 e. The van der Waals surface area contributed by atoms with E-state index in [0.29, 0.717) is 0 Å². The number of anilines is 1. The molecule has 24 heavy (non-hydrogen) atoms. The molecule has 0 bridgehead atoms. The normalized spacial score (nSPS) is 13.8. The maximum Gasteiger partial charge on any atom is 0.308 e. The van der Waals surface area contributed by atoms with Crippen molar-refractivity contribution in [2.75, 3.05) is 19.0 Å². The summed E-state index contributed by atoms with van der Waals surface area (Å²) in [6.07, 6.45) is 8.58. The van der Waals surface area contributed by atoms with Crippen molar-refractivity contribution in [3.63, 3.8) is 0 Å². The standard InChI is InChI=1S/C21H23BN2/c1-23(2)21-12-10-19(11-13-21)14-16-22-15-6-7-17-24(22)18-20-8-4-3-5-9-20/h3-17H,18H2,1-2H3/b16-14+. The topological polar surface area (TPSA) is 6.48 Å². The molecule has 1 aliphatic rings. The first-order valence-electron chi connectivity index (χ1n) is 8.32. The Morgan fingerprint density at radius 3 is 2.42 bits per heavy atom. The maximum atomic E-state index is 2.35. The van der Waals surface area contributed by atoms with Crippen molar-refractivity contribution in [1.29, 1.82) is 0 Å². The van der Waals surface area contributed by atoms with E-state index < -0.39 is 0 Å². The Balaban J connectivity index is 1.69. The lowest BCUT2D eigenvalue weighted by Crippen LogP contribution is -2.33. The predicted molar refractivity (Wildman–Crippen MR) is 106 cm³/mol. The highest BCUT2D eigenvalue weighted by Crippen LogP contribution is 2.16. The predicted octanol–water partition coefficient (Wildman–Crippen LogP) is 4.42. The molecular weight excluding hydrogens is 291 g/mol. The minimum atomic E-state index is 0.281. The van der Waals surface area contributed by atoms with E-state index in [9.17, 15) is 0 Å². The second-order valence-electron chi connectivity index (χ2n) is 6.22. The minimum absolute atomic E-state index is 0.281. The molecule has 1 aliphatic heterocycles. The third kappa shape index (κ3) is 4.20. The second kappa shape index (κ2) is 7.74. The third-order valence-electron chi connectivity index (χ3n) is 4.18. The van der Waals surface area contributed by atoms with Crippen LogP contribution >= 0.6 is 0 Å². The van der Waals surface area contributed by atoms with Gasteiger partial charge in [-0.05, 0) is 35.5 Å². The Morgan fingerprint density at radius 2 is 1.71 bits per heavy atom. The number of allylic oxidation sites excluding steroid dienone is 2. The van der Waals surface area contributed by atoms with Crippen molar-refractivity contribution >= 4 is 18.6 Å². The lowest BCUT2D eigenvalue weighted by Gasteiger charge is -2.26. The van der Waals surface area contributed by atoms with Crippen molar-refractivity contribution in [3.8, 4) is 0 Å². The third-order valence-corrected chi connectivity index (χ3v) is 4.18. The summed E-state index contributed by atoms with van der Waals surface area (Å²) >= 11 is 0. The molecule has 0 aromatic heterocycles. The molecule has 120 valence electrons. The van der Waals surface area contributed by atoms with Gasteiger partial charge < -0.3 is 9.71 Å². The molecule has 0 radical (unpaired) electrons. The van der Waals surface area contributed by atoms with Gasteiger partial charge >= 0.3 is 6.85 Å². The van der Waals surface area contributed by atoms with E-state index in [1.807, 2.05) is 0 Å². The highest BCUT2D eigenvalue weighted by molar-refractivity contribution is 6.67. The molecule has 0 atom stereocenters. The molecule has 0 unspecified atom stereocenters. The van der Waals surface area contributed by atoms with E-state index in [2.05, 4.69) is 115 Å². The summed E-state index contributed by atoms with van der Waals surface area (Å²) in [7, 11) is 4.12. The van der Waals surface area contributed by atoms with Gasteiger partial charge in [0.1, 0.15) is 0 Å². The molecule has 0 N–H and O–H groups in total. The van der Waals surface area contributed by atoms with Gasteiger partial charge in [0, 0.05) is 26.3 Å². The van der Waals surface area contributed by atoms with Crippen LogP contribution in [0.1, 0.15) is 11.1 Å². The fourth-order valence-corrected chi connectivity index (χ4v) is 2.77. The van der Waals surface area contributed by atoms with Crippen molar-refractivity contribution in [2.45, 2.75) is 6.54 Å². The van der Waals surface area contributed by atoms with Crippen molar-refractivity contribution in [3.05, 3.63) is 96.0 Å². The average Bonchev–Trinajstić information content (AvgIpc) is 2.62. The summed E-state index contributed by atoms with van der Waals surface area (Å²) in [4.78, 5) is 4.46. The SMILES string of the molecule is CN(C)c1ccc(/C=C/B2C=CC=CN2Cc2ccccc2)cc1. The van der Waals surface area contributed by atoms with Crippen LogP contribution in [0.3, 0.4) is 0 Å². The molecule has 0 amide bonds. The molecule has 0 saturated carbocycles. The zero-order valence-electron chi connectivity index (χ0n) is 14.3. The molecule has 0 fully saturated rings. The Labute approximate surface area is 145 Å². The van der Waals surface area contributed by atoms with E-state index in [1.54, 1.807) is 0 Å². The Bertz CT molecular complexity index is 730. The van der Waals surface area contributed by atoms with Crippen LogP contribution in [0.4, 0.5) is 5.69 Å². The molecule has 0 aliphatic carbocycles. The highest BCUT2D eigenvalue weighted by Gasteiger charge is 2.16. The summed E-state index contributed by atoms with van der Waals surface area (Å²) in [5, 5.41) is 0. The number of rotatable bonds is 5. The Hall–Kier alpha value is -2.68. The van der Waals surface area contributed by atoms with Gasteiger partial charge in [-0.3, -0.25) is 0 Å². The number of hydrogen-bond donors (Lipinski definition) is 0. The van der Waals surface area contributed by atoms with E-state index in [-0.39, 0.29) is 6.85 Å². The van der Waals surface area contributed by atoms with Crippen LogP contribution in [0.2, 0.25) is 0 Å². The molecule has 2 aromatic carbocycles. The van der Waals surface area contributed by atoms with Crippen LogP contribution in [-0.2, 0) is 6.54 Å².